The van der Waals surface area contributed by atoms with Crippen LogP contribution in [0.4, 0.5) is 4.39 Å². The summed E-state index contributed by atoms with van der Waals surface area (Å²) in [6.45, 7) is 2.57. The summed E-state index contributed by atoms with van der Waals surface area (Å²) in [7, 11) is -2.35. The number of hydrogen-bond donors (Lipinski definition) is 1. The molecule has 2 amide bonds. The molecule has 2 N–H and O–H groups in total. The molecule has 0 radical (unpaired) electrons. The average molecular weight is 448 g/mol. The minimum absolute atomic E-state index is 0.0260. The van der Waals surface area contributed by atoms with Crippen molar-refractivity contribution in [2.75, 3.05) is 20.1 Å². The van der Waals surface area contributed by atoms with E-state index in [0.29, 0.717) is 18.7 Å². The molecule has 1 unspecified atom stereocenters. The molecule has 3 rings (SSSR count). The van der Waals surface area contributed by atoms with E-state index in [0.717, 1.165) is 30.2 Å². The maximum absolute atomic E-state index is 13.7. The molecule has 166 valence electrons. The number of amides is 2. The number of benzene rings is 2. The third-order valence-corrected chi connectivity index (χ3v) is 7.43. The summed E-state index contributed by atoms with van der Waals surface area (Å²) < 4.78 is 41.2. The number of carbonyl (C=O) groups excluding carboxylic acids is 2. The SMILES string of the molecule is Cc1ccc(S(=O)(=O)N2CCCCC2)cc1C(=O)N(C)C(C(N)=O)c1cccc(F)c1. The van der Waals surface area contributed by atoms with Gasteiger partial charge in [0.2, 0.25) is 15.9 Å². The van der Waals surface area contributed by atoms with Gasteiger partial charge in [-0.05, 0) is 55.2 Å². The fraction of sp³-hybridized carbons (Fsp3) is 0.364. The third-order valence-electron chi connectivity index (χ3n) is 5.53. The number of hydrogen-bond acceptors (Lipinski definition) is 4. The van der Waals surface area contributed by atoms with Crippen molar-refractivity contribution in [3.63, 3.8) is 0 Å². The zero-order valence-corrected chi connectivity index (χ0v) is 18.4. The molecule has 1 aliphatic rings. The Morgan fingerprint density at radius 2 is 1.77 bits per heavy atom. The molecule has 1 saturated heterocycles. The Labute approximate surface area is 181 Å². The van der Waals surface area contributed by atoms with E-state index in [1.165, 1.54) is 41.7 Å². The molecule has 1 heterocycles. The molecule has 9 heteroatoms. The lowest BCUT2D eigenvalue weighted by Gasteiger charge is -2.28. The first-order chi connectivity index (χ1) is 14.6. The van der Waals surface area contributed by atoms with Crippen molar-refractivity contribution in [3.8, 4) is 0 Å². The van der Waals surface area contributed by atoms with Crippen molar-refractivity contribution < 1.29 is 22.4 Å². The molecule has 31 heavy (non-hydrogen) atoms. The smallest absolute Gasteiger partial charge is 0.254 e. The van der Waals surface area contributed by atoms with Gasteiger partial charge in [0.15, 0.2) is 0 Å². The molecule has 1 fully saturated rings. The summed E-state index contributed by atoms with van der Waals surface area (Å²) in [5, 5.41) is 0. The first-order valence-electron chi connectivity index (χ1n) is 10.1. The number of nitrogens with zero attached hydrogens (tertiary/aromatic N) is 2. The van der Waals surface area contributed by atoms with E-state index in [-0.39, 0.29) is 16.0 Å². The zero-order chi connectivity index (χ0) is 22.8. The van der Waals surface area contributed by atoms with E-state index in [4.69, 9.17) is 5.73 Å². The van der Waals surface area contributed by atoms with Crippen LogP contribution in [0.1, 0.15) is 46.8 Å². The summed E-state index contributed by atoms with van der Waals surface area (Å²) in [6.07, 6.45) is 2.59. The number of halogens is 1. The second kappa shape index (κ2) is 9.15. The first-order valence-corrected chi connectivity index (χ1v) is 11.5. The van der Waals surface area contributed by atoms with Crippen LogP contribution in [-0.2, 0) is 14.8 Å². The number of piperidine rings is 1. The number of sulfonamides is 1. The number of nitrogens with two attached hydrogens (primary N) is 1. The van der Waals surface area contributed by atoms with Crippen molar-refractivity contribution in [3.05, 3.63) is 65.0 Å². The van der Waals surface area contributed by atoms with Crippen LogP contribution in [0.25, 0.3) is 0 Å². The van der Waals surface area contributed by atoms with E-state index < -0.39 is 33.7 Å². The van der Waals surface area contributed by atoms with Crippen molar-refractivity contribution in [1.29, 1.82) is 0 Å². The van der Waals surface area contributed by atoms with Crippen LogP contribution >= 0.6 is 0 Å². The van der Waals surface area contributed by atoms with Crippen LogP contribution in [0.2, 0.25) is 0 Å². The Kier molecular flexibility index (Phi) is 6.76. The number of likely N-dealkylation sites (N-methyl/N-ethyl adjacent to an activating group) is 1. The number of primary amides is 1. The van der Waals surface area contributed by atoms with Gasteiger partial charge in [-0.15, -0.1) is 0 Å². The number of rotatable bonds is 6. The van der Waals surface area contributed by atoms with Crippen LogP contribution in [0.15, 0.2) is 47.4 Å². The minimum atomic E-state index is -3.73. The highest BCUT2D eigenvalue weighted by molar-refractivity contribution is 7.89. The Morgan fingerprint density at radius 1 is 1.10 bits per heavy atom. The third kappa shape index (κ3) is 4.77. The maximum Gasteiger partial charge on any atom is 0.254 e. The molecule has 0 aliphatic carbocycles. The molecule has 2 aromatic rings. The van der Waals surface area contributed by atoms with Gasteiger partial charge in [-0.3, -0.25) is 9.59 Å². The minimum Gasteiger partial charge on any atom is -0.368 e. The van der Waals surface area contributed by atoms with Crippen LogP contribution in [0.5, 0.6) is 0 Å². The number of carbonyl (C=O) groups is 2. The Bertz CT molecular complexity index is 1100. The molecule has 2 aromatic carbocycles. The maximum atomic E-state index is 13.7. The lowest BCUT2D eigenvalue weighted by Crippen LogP contribution is -2.39. The lowest BCUT2D eigenvalue weighted by molar-refractivity contribution is -0.122. The van der Waals surface area contributed by atoms with E-state index in [2.05, 4.69) is 0 Å². The van der Waals surface area contributed by atoms with Crippen molar-refractivity contribution in [2.24, 2.45) is 5.73 Å². The molecular formula is C22H26FN3O4S. The van der Waals surface area contributed by atoms with E-state index in [9.17, 15) is 22.4 Å². The highest BCUT2D eigenvalue weighted by atomic mass is 32.2. The molecule has 7 nitrogen and oxygen atoms in total. The largest absolute Gasteiger partial charge is 0.368 e. The van der Waals surface area contributed by atoms with Gasteiger partial charge < -0.3 is 10.6 Å². The monoisotopic (exact) mass is 447 g/mol. The standard InChI is InChI=1S/C22H26FN3O4S/c1-15-9-10-18(31(29,30)26-11-4-3-5-12-26)14-19(15)22(28)25(2)20(21(24)27)16-7-6-8-17(23)13-16/h6-10,13-14,20H,3-5,11-12H2,1-2H3,(H2,24,27). The highest BCUT2D eigenvalue weighted by Crippen LogP contribution is 2.26. The van der Waals surface area contributed by atoms with Gasteiger partial charge in [-0.25, -0.2) is 12.8 Å². The van der Waals surface area contributed by atoms with Crippen LogP contribution in [0.3, 0.4) is 0 Å². The highest BCUT2D eigenvalue weighted by Gasteiger charge is 2.31. The summed E-state index contributed by atoms with van der Waals surface area (Å²) >= 11 is 0. The van der Waals surface area contributed by atoms with Gasteiger partial charge in [-0.2, -0.15) is 4.31 Å². The van der Waals surface area contributed by atoms with E-state index >= 15 is 0 Å². The summed E-state index contributed by atoms with van der Waals surface area (Å²) in [4.78, 5) is 26.5. The normalized spacial score (nSPS) is 16.0. The van der Waals surface area contributed by atoms with E-state index in [1.807, 2.05) is 0 Å². The summed E-state index contributed by atoms with van der Waals surface area (Å²) in [5.74, 6) is -1.96. The van der Waals surface area contributed by atoms with Gasteiger partial charge >= 0.3 is 0 Å². The average Bonchev–Trinajstić information content (AvgIpc) is 2.74. The van der Waals surface area contributed by atoms with Crippen LogP contribution in [-0.4, -0.2) is 49.6 Å². The summed E-state index contributed by atoms with van der Waals surface area (Å²) in [6, 6.07) is 8.48. The van der Waals surface area contributed by atoms with Crippen molar-refractivity contribution >= 4 is 21.8 Å². The van der Waals surface area contributed by atoms with Gasteiger partial charge in [0.05, 0.1) is 4.90 Å². The topological polar surface area (TPSA) is 101 Å². The first kappa shape index (κ1) is 22.9. The molecule has 1 atom stereocenters. The Hall–Kier alpha value is -2.78. The quantitative estimate of drug-likeness (QED) is 0.736. The van der Waals surface area contributed by atoms with Crippen LogP contribution in [0, 0.1) is 12.7 Å². The summed E-state index contributed by atoms with van der Waals surface area (Å²) in [5.41, 5.74) is 6.44. The van der Waals surface area contributed by atoms with Crippen molar-refractivity contribution in [1.82, 2.24) is 9.21 Å². The molecule has 0 saturated carbocycles. The van der Waals surface area contributed by atoms with Gasteiger partial charge in [0.25, 0.3) is 5.91 Å². The number of aryl methyl sites for hydroxylation is 1. The van der Waals surface area contributed by atoms with Gasteiger partial charge in [-0.1, -0.05) is 24.6 Å². The molecular weight excluding hydrogens is 421 g/mol. The fourth-order valence-electron chi connectivity index (χ4n) is 3.81. The molecule has 0 aromatic heterocycles. The second-order valence-electron chi connectivity index (χ2n) is 7.72. The second-order valence-corrected chi connectivity index (χ2v) is 9.66. The predicted octanol–water partition coefficient (Wildman–Crippen LogP) is 2.61. The van der Waals surface area contributed by atoms with Gasteiger partial charge in [0.1, 0.15) is 11.9 Å². The molecule has 0 bridgehead atoms. The van der Waals surface area contributed by atoms with E-state index in [1.54, 1.807) is 13.0 Å². The fourth-order valence-corrected chi connectivity index (χ4v) is 5.35. The molecule has 1 aliphatic heterocycles. The van der Waals surface area contributed by atoms with Gasteiger partial charge in [0, 0.05) is 25.7 Å². The van der Waals surface area contributed by atoms with Crippen LogP contribution < -0.4 is 5.73 Å². The van der Waals surface area contributed by atoms with Crippen molar-refractivity contribution in [2.45, 2.75) is 37.1 Å². The zero-order valence-electron chi connectivity index (χ0n) is 17.5. The predicted molar refractivity (Wildman–Crippen MR) is 114 cm³/mol. The molecule has 0 spiro atoms. The Balaban J connectivity index is 1.96. The lowest BCUT2D eigenvalue weighted by atomic mass is 10.0. The Morgan fingerprint density at radius 3 is 2.39 bits per heavy atom.